The summed E-state index contributed by atoms with van der Waals surface area (Å²) in [7, 11) is 0. The van der Waals surface area contributed by atoms with Crippen molar-refractivity contribution in [2.75, 3.05) is 31.1 Å². The molecule has 178 valence electrons. The summed E-state index contributed by atoms with van der Waals surface area (Å²) in [5.41, 5.74) is 1.78. The molecule has 1 amide bonds. The van der Waals surface area contributed by atoms with Crippen LogP contribution in [0.4, 0.5) is 10.1 Å². The Bertz CT molecular complexity index is 1410. The standard InChI is InChI=1S/C24H20ClFN6O3/c25-17-2-1-3-19(14-17)30-10-12-31(13-11-30)24(34)23-27-21(29-35-23)15-32-22(33)9-8-20(28-32)16-4-6-18(26)7-5-16/h1-9,14H,10-13,15H2. The zero-order valence-electron chi connectivity index (χ0n) is 18.5. The monoisotopic (exact) mass is 494 g/mol. The Morgan fingerprint density at radius 2 is 1.80 bits per heavy atom. The van der Waals surface area contributed by atoms with Crippen molar-refractivity contribution in [3.05, 3.63) is 93.6 Å². The number of aromatic nitrogens is 4. The second-order valence-electron chi connectivity index (χ2n) is 8.00. The van der Waals surface area contributed by atoms with E-state index in [0.29, 0.717) is 42.5 Å². The van der Waals surface area contributed by atoms with Crippen LogP contribution in [0, 0.1) is 5.82 Å². The summed E-state index contributed by atoms with van der Waals surface area (Å²) < 4.78 is 19.6. The van der Waals surface area contributed by atoms with Gasteiger partial charge in [-0.3, -0.25) is 9.59 Å². The number of amides is 1. The molecule has 2 aromatic carbocycles. The molecule has 0 atom stereocenters. The molecular formula is C24H20ClFN6O3. The van der Waals surface area contributed by atoms with Crippen LogP contribution in [0.15, 0.2) is 70.0 Å². The molecule has 0 bridgehead atoms. The zero-order valence-corrected chi connectivity index (χ0v) is 19.2. The number of carbonyl (C=O) groups is 1. The second-order valence-corrected chi connectivity index (χ2v) is 8.43. The van der Waals surface area contributed by atoms with E-state index in [0.717, 1.165) is 5.69 Å². The normalized spacial score (nSPS) is 13.8. The highest BCUT2D eigenvalue weighted by molar-refractivity contribution is 6.30. The fourth-order valence-electron chi connectivity index (χ4n) is 3.85. The number of carbonyl (C=O) groups excluding carboxylic acids is 1. The van der Waals surface area contributed by atoms with E-state index >= 15 is 0 Å². The van der Waals surface area contributed by atoms with E-state index in [2.05, 4.69) is 20.1 Å². The van der Waals surface area contributed by atoms with Crippen molar-refractivity contribution < 1.29 is 13.7 Å². The van der Waals surface area contributed by atoms with Crippen LogP contribution >= 0.6 is 11.6 Å². The lowest BCUT2D eigenvalue weighted by atomic mass is 10.1. The molecule has 2 aromatic heterocycles. The first-order valence-corrected chi connectivity index (χ1v) is 11.3. The van der Waals surface area contributed by atoms with Crippen LogP contribution in [0.25, 0.3) is 11.3 Å². The van der Waals surface area contributed by atoms with E-state index in [9.17, 15) is 14.0 Å². The molecule has 1 aliphatic rings. The van der Waals surface area contributed by atoms with Gasteiger partial charge in [0.2, 0.25) is 0 Å². The van der Waals surface area contributed by atoms with Gasteiger partial charge in [-0.15, -0.1) is 0 Å². The maximum Gasteiger partial charge on any atom is 0.316 e. The Hall–Kier alpha value is -4.05. The van der Waals surface area contributed by atoms with Crippen molar-refractivity contribution in [1.82, 2.24) is 24.8 Å². The molecule has 0 unspecified atom stereocenters. The molecule has 5 rings (SSSR count). The number of anilines is 1. The average molecular weight is 495 g/mol. The highest BCUT2D eigenvalue weighted by Gasteiger charge is 2.26. The van der Waals surface area contributed by atoms with E-state index in [1.165, 1.54) is 22.9 Å². The predicted molar refractivity (Wildman–Crippen MR) is 127 cm³/mol. The molecule has 1 saturated heterocycles. The van der Waals surface area contributed by atoms with E-state index in [4.69, 9.17) is 16.1 Å². The van der Waals surface area contributed by atoms with Crippen molar-refractivity contribution in [2.45, 2.75) is 6.54 Å². The summed E-state index contributed by atoms with van der Waals surface area (Å²) >= 11 is 6.08. The van der Waals surface area contributed by atoms with Crippen LogP contribution in [0.1, 0.15) is 16.5 Å². The van der Waals surface area contributed by atoms with Crippen LogP contribution in [0.3, 0.4) is 0 Å². The molecule has 11 heteroatoms. The van der Waals surface area contributed by atoms with E-state index in [-0.39, 0.29) is 35.5 Å². The quantitative estimate of drug-likeness (QED) is 0.420. The number of rotatable bonds is 5. The Balaban J connectivity index is 1.25. The van der Waals surface area contributed by atoms with Crippen molar-refractivity contribution >= 4 is 23.2 Å². The molecule has 4 aromatic rings. The minimum atomic E-state index is -0.370. The third-order valence-corrected chi connectivity index (χ3v) is 5.92. The van der Waals surface area contributed by atoms with E-state index in [1.807, 2.05) is 24.3 Å². The number of benzene rings is 2. The van der Waals surface area contributed by atoms with E-state index in [1.54, 1.807) is 23.1 Å². The topological polar surface area (TPSA) is 97.4 Å². The Morgan fingerprint density at radius 3 is 2.54 bits per heavy atom. The SMILES string of the molecule is O=C(c1nc(Cn2nc(-c3ccc(F)cc3)ccc2=O)no1)N1CCN(c2cccc(Cl)c2)CC1. The highest BCUT2D eigenvalue weighted by Crippen LogP contribution is 2.21. The Labute approximate surface area is 204 Å². The van der Waals surface area contributed by atoms with Gasteiger partial charge in [0.15, 0.2) is 5.82 Å². The van der Waals surface area contributed by atoms with Gasteiger partial charge in [-0.1, -0.05) is 22.8 Å². The Morgan fingerprint density at radius 1 is 1.03 bits per heavy atom. The van der Waals surface area contributed by atoms with Crippen LogP contribution in [-0.2, 0) is 6.54 Å². The summed E-state index contributed by atoms with van der Waals surface area (Å²) in [6, 6.07) is 16.3. The third kappa shape index (κ3) is 5.07. The molecular weight excluding hydrogens is 475 g/mol. The summed E-state index contributed by atoms with van der Waals surface area (Å²) in [6.07, 6.45) is 0. The average Bonchev–Trinajstić information content (AvgIpc) is 3.34. The maximum absolute atomic E-state index is 13.2. The first-order valence-electron chi connectivity index (χ1n) is 10.9. The maximum atomic E-state index is 13.2. The van der Waals surface area contributed by atoms with Gasteiger partial charge < -0.3 is 14.3 Å². The fourth-order valence-corrected chi connectivity index (χ4v) is 4.04. The minimum Gasteiger partial charge on any atom is -0.368 e. The predicted octanol–water partition coefficient (Wildman–Crippen LogP) is 3.10. The molecule has 0 spiro atoms. The molecule has 35 heavy (non-hydrogen) atoms. The second kappa shape index (κ2) is 9.67. The van der Waals surface area contributed by atoms with Crippen LogP contribution in [-0.4, -0.2) is 56.9 Å². The van der Waals surface area contributed by atoms with Gasteiger partial charge >= 0.3 is 11.8 Å². The lowest BCUT2D eigenvalue weighted by Gasteiger charge is -2.35. The van der Waals surface area contributed by atoms with Crippen LogP contribution in [0.2, 0.25) is 5.02 Å². The highest BCUT2D eigenvalue weighted by atomic mass is 35.5. The third-order valence-electron chi connectivity index (χ3n) is 5.69. The van der Waals surface area contributed by atoms with Gasteiger partial charge in [0.25, 0.3) is 5.56 Å². The summed E-state index contributed by atoms with van der Waals surface area (Å²) in [6.45, 7) is 2.19. The van der Waals surface area contributed by atoms with Gasteiger partial charge in [0, 0.05) is 48.5 Å². The van der Waals surface area contributed by atoms with Crippen molar-refractivity contribution in [2.24, 2.45) is 0 Å². The van der Waals surface area contributed by atoms with Crippen molar-refractivity contribution in [3.8, 4) is 11.3 Å². The summed E-state index contributed by atoms with van der Waals surface area (Å²) in [5, 5.41) is 8.81. The van der Waals surface area contributed by atoms with Crippen molar-refractivity contribution in [1.29, 1.82) is 0 Å². The minimum absolute atomic E-state index is 0.0762. The van der Waals surface area contributed by atoms with Gasteiger partial charge in [-0.2, -0.15) is 10.1 Å². The molecule has 0 aliphatic carbocycles. The largest absolute Gasteiger partial charge is 0.368 e. The summed E-state index contributed by atoms with van der Waals surface area (Å²) in [5.74, 6) is -0.720. The number of halogens is 2. The van der Waals surface area contributed by atoms with Crippen LogP contribution < -0.4 is 10.5 Å². The lowest BCUT2D eigenvalue weighted by Crippen LogP contribution is -2.48. The Kier molecular flexibility index (Phi) is 6.28. The fraction of sp³-hybridized carbons (Fsp3) is 0.208. The number of hydrogen-bond acceptors (Lipinski definition) is 7. The molecule has 3 heterocycles. The molecule has 0 radical (unpaired) electrons. The van der Waals surface area contributed by atoms with Crippen LogP contribution in [0.5, 0.6) is 0 Å². The van der Waals surface area contributed by atoms with Gasteiger partial charge in [-0.25, -0.2) is 9.07 Å². The van der Waals surface area contributed by atoms with Gasteiger partial charge in [0.1, 0.15) is 12.4 Å². The van der Waals surface area contributed by atoms with Crippen molar-refractivity contribution in [3.63, 3.8) is 0 Å². The van der Waals surface area contributed by atoms with Gasteiger partial charge in [-0.05, 0) is 48.5 Å². The lowest BCUT2D eigenvalue weighted by molar-refractivity contribution is 0.0696. The number of nitrogens with zero attached hydrogens (tertiary/aromatic N) is 6. The molecule has 1 fully saturated rings. The van der Waals surface area contributed by atoms with Gasteiger partial charge in [0.05, 0.1) is 5.69 Å². The molecule has 9 nitrogen and oxygen atoms in total. The first kappa shape index (κ1) is 22.7. The smallest absolute Gasteiger partial charge is 0.316 e. The first-order chi connectivity index (χ1) is 17.0. The van der Waals surface area contributed by atoms with E-state index < -0.39 is 0 Å². The zero-order chi connectivity index (χ0) is 24.4. The molecule has 1 aliphatic heterocycles. The molecule has 0 N–H and O–H groups in total. The number of piperazine rings is 1. The molecule has 0 saturated carbocycles. The number of hydrogen-bond donors (Lipinski definition) is 0. The summed E-state index contributed by atoms with van der Waals surface area (Å²) in [4.78, 5) is 33.1.